The van der Waals surface area contributed by atoms with Crippen molar-refractivity contribution in [2.24, 2.45) is 5.16 Å². The van der Waals surface area contributed by atoms with E-state index in [0.29, 0.717) is 64.4 Å². The first-order chi connectivity index (χ1) is 21.9. The number of rotatable bonds is 10. The highest BCUT2D eigenvalue weighted by Crippen LogP contribution is 2.37. The Balaban J connectivity index is 1.30. The number of aromatic nitrogens is 1. The van der Waals surface area contributed by atoms with Crippen LogP contribution in [0.4, 0.5) is 26.3 Å². The molecule has 5 rings (SSSR count). The Morgan fingerprint density at radius 1 is 0.957 bits per heavy atom. The molecule has 3 aromatic rings. The zero-order chi connectivity index (χ0) is 32.9. The Morgan fingerprint density at radius 3 is 2.35 bits per heavy atom. The van der Waals surface area contributed by atoms with Crippen LogP contribution in [-0.4, -0.2) is 103 Å². The van der Waals surface area contributed by atoms with E-state index < -0.39 is 41.0 Å². The van der Waals surface area contributed by atoms with Crippen molar-refractivity contribution in [2.75, 3.05) is 65.6 Å². The number of halogens is 6. The molecule has 2 saturated heterocycles. The smallest absolute Gasteiger partial charge is 0.394 e. The van der Waals surface area contributed by atoms with E-state index in [1.54, 1.807) is 0 Å². The normalized spacial score (nSPS) is 19.2. The summed E-state index contributed by atoms with van der Waals surface area (Å²) >= 11 is 0. The molecule has 2 aliphatic rings. The lowest BCUT2D eigenvalue weighted by Crippen LogP contribution is -2.56. The second-order valence-corrected chi connectivity index (χ2v) is 11.7. The number of nitrogens with zero attached hydrogens (tertiary/aromatic N) is 4. The highest BCUT2D eigenvalue weighted by Gasteiger charge is 2.39. The largest absolute Gasteiger partial charge is 0.416 e. The first-order valence-electron chi connectivity index (χ1n) is 15.2. The molecule has 2 aromatic carbocycles. The molecule has 0 saturated carbocycles. The maximum absolute atomic E-state index is 13.7. The summed E-state index contributed by atoms with van der Waals surface area (Å²) in [5.41, 5.74) is -1.10. The summed E-state index contributed by atoms with van der Waals surface area (Å²) in [6.45, 7) is 7.70. The van der Waals surface area contributed by atoms with Crippen LogP contribution in [-0.2, 0) is 28.3 Å². The van der Waals surface area contributed by atoms with Crippen LogP contribution in [0.15, 0.2) is 53.8 Å². The van der Waals surface area contributed by atoms with Gasteiger partial charge in [-0.25, -0.2) is 0 Å². The summed E-state index contributed by atoms with van der Waals surface area (Å²) in [6, 6.07) is 8.12. The Kier molecular flexibility index (Phi) is 10.6. The fraction of sp³-hybridized carbons (Fsp3) is 0.500. The molecule has 46 heavy (non-hydrogen) atoms. The van der Waals surface area contributed by atoms with Gasteiger partial charge in [-0.05, 0) is 43.2 Å². The van der Waals surface area contributed by atoms with Crippen molar-refractivity contribution in [1.29, 1.82) is 0 Å². The van der Waals surface area contributed by atoms with E-state index >= 15 is 0 Å². The number of para-hydroxylation sites is 1. The molecule has 14 heteroatoms. The number of fused-ring (bicyclic) bond motifs is 1. The fourth-order valence-corrected chi connectivity index (χ4v) is 5.88. The number of oxime groups is 1. The predicted octanol–water partition coefficient (Wildman–Crippen LogP) is 5.69. The quantitative estimate of drug-likeness (QED) is 0.132. The minimum absolute atomic E-state index is 0.0361. The van der Waals surface area contributed by atoms with Crippen LogP contribution in [0, 0.1) is 0 Å². The summed E-state index contributed by atoms with van der Waals surface area (Å²) < 4.78 is 86.8. The number of carbonyl (C=O) groups excluding carboxylic acids is 1. The number of ether oxygens (including phenoxy) is 1. The Hall–Kier alpha value is -3.62. The van der Waals surface area contributed by atoms with Crippen LogP contribution in [0.1, 0.15) is 40.4 Å². The fourth-order valence-electron chi connectivity index (χ4n) is 5.88. The van der Waals surface area contributed by atoms with Gasteiger partial charge in [0.2, 0.25) is 0 Å². The standard InChI is InChI=1S/C32H37F6N5O3/c1-22(40-46-15-12-41-10-13-45-14-11-41)6-7-42-8-9-43(27(21-42)18-24-20-39-29-5-3-2-4-28(24)29)30(44)23-16-25(31(33,34)35)19-26(17-23)32(36,37)38/h2-5,16-17,19-20,27,39H,6-15,18,21H2,1H3/b40-22+/t27-/m1/s1. The highest BCUT2D eigenvalue weighted by atomic mass is 19.4. The second-order valence-electron chi connectivity index (χ2n) is 11.7. The molecule has 0 bridgehead atoms. The molecule has 0 unspecified atom stereocenters. The molecule has 0 spiro atoms. The van der Waals surface area contributed by atoms with Crippen molar-refractivity contribution in [3.8, 4) is 0 Å². The van der Waals surface area contributed by atoms with E-state index in [4.69, 9.17) is 9.57 Å². The number of piperazine rings is 1. The number of aromatic amines is 1. The van der Waals surface area contributed by atoms with Gasteiger partial charge in [-0.2, -0.15) is 26.3 Å². The van der Waals surface area contributed by atoms with E-state index in [1.165, 1.54) is 4.90 Å². The van der Waals surface area contributed by atoms with E-state index in [-0.39, 0.29) is 12.6 Å². The number of morpholine rings is 1. The average Bonchev–Trinajstić information content (AvgIpc) is 3.44. The van der Waals surface area contributed by atoms with Crippen molar-refractivity contribution >= 4 is 22.5 Å². The third-order valence-corrected chi connectivity index (χ3v) is 8.41. The maximum Gasteiger partial charge on any atom is 0.416 e. The summed E-state index contributed by atoms with van der Waals surface area (Å²) in [4.78, 5) is 28.2. The molecule has 1 aromatic heterocycles. The zero-order valence-electron chi connectivity index (χ0n) is 25.5. The van der Waals surface area contributed by atoms with Crippen molar-refractivity contribution in [3.63, 3.8) is 0 Å². The number of hydrogen-bond donors (Lipinski definition) is 1. The summed E-state index contributed by atoms with van der Waals surface area (Å²) in [5.74, 6) is -0.868. The molecule has 250 valence electrons. The number of carbonyl (C=O) groups is 1. The molecule has 0 aliphatic carbocycles. The van der Waals surface area contributed by atoms with Crippen LogP contribution in [0.25, 0.3) is 10.9 Å². The third kappa shape index (κ3) is 8.59. The summed E-state index contributed by atoms with van der Waals surface area (Å²) in [7, 11) is 0. The molecule has 8 nitrogen and oxygen atoms in total. The number of benzene rings is 2. The molecular weight excluding hydrogens is 616 g/mol. The van der Waals surface area contributed by atoms with Crippen LogP contribution in [0.5, 0.6) is 0 Å². The third-order valence-electron chi connectivity index (χ3n) is 8.41. The Bertz CT molecular complexity index is 1480. The lowest BCUT2D eigenvalue weighted by atomic mass is 9.98. The number of amides is 1. The number of hydrogen-bond acceptors (Lipinski definition) is 6. The second kappa shape index (κ2) is 14.4. The van der Waals surface area contributed by atoms with Crippen LogP contribution < -0.4 is 0 Å². The zero-order valence-corrected chi connectivity index (χ0v) is 25.5. The average molecular weight is 654 g/mol. The first-order valence-corrected chi connectivity index (χ1v) is 15.2. The van der Waals surface area contributed by atoms with Gasteiger partial charge in [0, 0.05) is 80.9 Å². The molecular formula is C32H37F6N5O3. The van der Waals surface area contributed by atoms with Gasteiger partial charge in [0.15, 0.2) is 0 Å². The Labute approximate surface area is 262 Å². The monoisotopic (exact) mass is 653 g/mol. The molecule has 2 aliphatic heterocycles. The molecule has 1 amide bonds. The van der Waals surface area contributed by atoms with Crippen molar-refractivity contribution < 1.29 is 40.7 Å². The summed E-state index contributed by atoms with van der Waals surface area (Å²) in [6.07, 6.45) is -7.33. The van der Waals surface area contributed by atoms with Crippen molar-refractivity contribution in [3.05, 3.63) is 70.9 Å². The van der Waals surface area contributed by atoms with Gasteiger partial charge in [0.1, 0.15) is 6.61 Å². The first kappa shape index (κ1) is 33.7. The highest BCUT2D eigenvalue weighted by molar-refractivity contribution is 5.95. The summed E-state index contributed by atoms with van der Waals surface area (Å²) in [5, 5.41) is 5.16. The molecule has 2 fully saturated rings. The number of alkyl halides is 6. The van der Waals surface area contributed by atoms with Crippen molar-refractivity contribution in [1.82, 2.24) is 19.7 Å². The SMILES string of the molecule is C/C(CCN1CCN(C(=O)c2cc(C(F)(F)F)cc(C(F)(F)F)c2)[C@H](Cc2c[nH]c3ccccc23)C1)=N\OCCN1CCOCC1. The van der Waals surface area contributed by atoms with Crippen LogP contribution in [0.2, 0.25) is 0 Å². The predicted molar refractivity (Wildman–Crippen MR) is 161 cm³/mol. The van der Waals surface area contributed by atoms with E-state index in [1.807, 2.05) is 37.4 Å². The van der Waals surface area contributed by atoms with Gasteiger partial charge in [-0.1, -0.05) is 23.4 Å². The van der Waals surface area contributed by atoms with E-state index in [9.17, 15) is 31.1 Å². The van der Waals surface area contributed by atoms with Gasteiger partial charge < -0.3 is 19.5 Å². The maximum atomic E-state index is 13.7. The molecule has 1 atom stereocenters. The number of H-pyrrole nitrogens is 1. The lowest BCUT2D eigenvalue weighted by molar-refractivity contribution is -0.143. The molecule has 3 heterocycles. The number of nitrogens with one attached hydrogen (secondary N) is 1. The van der Waals surface area contributed by atoms with Crippen LogP contribution in [0.3, 0.4) is 0 Å². The molecule has 1 N–H and O–H groups in total. The van der Waals surface area contributed by atoms with Gasteiger partial charge in [-0.3, -0.25) is 14.6 Å². The van der Waals surface area contributed by atoms with Gasteiger partial charge in [-0.15, -0.1) is 0 Å². The topological polar surface area (TPSA) is 73.4 Å². The Morgan fingerprint density at radius 2 is 1.65 bits per heavy atom. The van der Waals surface area contributed by atoms with E-state index in [2.05, 4.69) is 19.9 Å². The lowest BCUT2D eigenvalue weighted by Gasteiger charge is -2.42. The minimum atomic E-state index is -5.05. The van der Waals surface area contributed by atoms with Crippen LogP contribution >= 0.6 is 0 Å². The molecule has 0 radical (unpaired) electrons. The van der Waals surface area contributed by atoms with Gasteiger partial charge >= 0.3 is 12.4 Å². The van der Waals surface area contributed by atoms with Crippen molar-refractivity contribution in [2.45, 2.75) is 38.2 Å². The van der Waals surface area contributed by atoms with E-state index in [0.717, 1.165) is 41.8 Å². The van der Waals surface area contributed by atoms with Gasteiger partial charge in [0.25, 0.3) is 5.91 Å². The minimum Gasteiger partial charge on any atom is -0.394 e. The van der Waals surface area contributed by atoms with Gasteiger partial charge in [0.05, 0.1) is 30.1 Å².